The fourth-order valence-corrected chi connectivity index (χ4v) is 0.855. The molecule has 94 valence electrons. The van der Waals surface area contributed by atoms with Crippen molar-refractivity contribution in [3.63, 3.8) is 0 Å². The molecule has 0 saturated heterocycles. The lowest BCUT2D eigenvalue weighted by Gasteiger charge is -2.10. The summed E-state index contributed by atoms with van der Waals surface area (Å²) in [6, 6.07) is 0. The maximum absolute atomic E-state index is 5.21. The average Bonchev–Trinajstić information content (AvgIpc) is 2.25. The molecule has 0 aliphatic carbocycles. The molecule has 0 N–H and O–H groups in total. The van der Waals surface area contributed by atoms with Gasteiger partial charge in [0, 0.05) is 26.4 Å². The molecule has 0 rings (SSSR count). The van der Waals surface area contributed by atoms with E-state index >= 15 is 0 Å². The molecule has 0 radical (unpaired) electrons. The highest BCUT2D eigenvalue weighted by Gasteiger charge is 1.96. The van der Waals surface area contributed by atoms with Crippen LogP contribution in [0.25, 0.3) is 0 Å². The van der Waals surface area contributed by atoms with E-state index in [0.29, 0.717) is 0 Å². The Morgan fingerprint density at radius 1 is 0.800 bits per heavy atom. The van der Waals surface area contributed by atoms with Gasteiger partial charge >= 0.3 is 0 Å². The standard InChI is InChI=1S/C7H16O2.C5H12O/c1-4-6-9-7(3)8-5-2;1-3-5-6-4-2/h7H,4-6H2,1-3H3;3-5H2,1-2H3. The highest BCUT2D eigenvalue weighted by atomic mass is 16.7. The van der Waals surface area contributed by atoms with Gasteiger partial charge in [0.25, 0.3) is 0 Å². The van der Waals surface area contributed by atoms with E-state index in [1.165, 1.54) is 0 Å². The Morgan fingerprint density at radius 3 is 1.73 bits per heavy atom. The van der Waals surface area contributed by atoms with Gasteiger partial charge in [0.05, 0.1) is 0 Å². The molecule has 0 bridgehead atoms. The third-order valence-corrected chi connectivity index (χ3v) is 1.51. The van der Waals surface area contributed by atoms with E-state index in [1.807, 2.05) is 20.8 Å². The van der Waals surface area contributed by atoms with Crippen LogP contribution in [0.4, 0.5) is 0 Å². The molecule has 0 spiro atoms. The first kappa shape index (κ1) is 17.3. The number of ether oxygens (including phenoxy) is 3. The van der Waals surface area contributed by atoms with Gasteiger partial charge in [-0.1, -0.05) is 13.8 Å². The van der Waals surface area contributed by atoms with Gasteiger partial charge < -0.3 is 14.2 Å². The van der Waals surface area contributed by atoms with E-state index in [2.05, 4.69) is 13.8 Å². The molecule has 1 atom stereocenters. The third-order valence-electron chi connectivity index (χ3n) is 1.51. The van der Waals surface area contributed by atoms with E-state index in [9.17, 15) is 0 Å². The van der Waals surface area contributed by atoms with Gasteiger partial charge in [-0.2, -0.15) is 0 Å². The molecule has 0 aliphatic rings. The molecular weight excluding hydrogens is 192 g/mol. The first-order valence-corrected chi connectivity index (χ1v) is 6.03. The SMILES string of the molecule is CCCOC(C)OCC.CCCOCC. The largest absolute Gasteiger partial charge is 0.382 e. The van der Waals surface area contributed by atoms with Gasteiger partial charge in [-0.05, 0) is 33.6 Å². The van der Waals surface area contributed by atoms with Gasteiger partial charge in [-0.15, -0.1) is 0 Å². The zero-order chi connectivity index (χ0) is 11.9. The minimum absolute atomic E-state index is 0.0325. The fraction of sp³-hybridized carbons (Fsp3) is 1.00. The van der Waals surface area contributed by atoms with Crippen LogP contribution in [0.5, 0.6) is 0 Å². The highest BCUT2D eigenvalue weighted by Crippen LogP contribution is 1.93. The molecule has 0 heterocycles. The molecule has 0 amide bonds. The van der Waals surface area contributed by atoms with Crippen molar-refractivity contribution >= 4 is 0 Å². The van der Waals surface area contributed by atoms with Crippen molar-refractivity contribution in [3.8, 4) is 0 Å². The Bertz CT molecular complexity index is 92.9. The van der Waals surface area contributed by atoms with Gasteiger partial charge in [0.2, 0.25) is 0 Å². The lowest BCUT2D eigenvalue weighted by molar-refractivity contribution is -0.126. The zero-order valence-corrected chi connectivity index (χ0v) is 11.0. The van der Waals surface area contributed by atoms with Crippen LogP contribution in [0.1, 0.15) is 47.5 Å². The van der Waals surface area contributed by atoms with Gasteiger partial charge in [-0.25, -0.2) is 0 Å². The number of hydrogen-bond donors (Lipinski definition) is 0. The van der Waals surface area contributed by atoms with Crippen molar-refractivity contribution in [2.75, 3.05) is 26.4 Å². The minimum Gasteiger partial charge on any atom is -0.382 e. The Balaban J connectivity index is 0. The summed E-state index contributed by atoms with van der Waals surface area (Å²) in [5.74, 6) is 0. The molecule has 0 aromatic rings. The average molecular weight is 220 g/mol. The molecule has 0 saturated carbocycles. The van der Waals surface area contributed by atoms with E-state index < -0.39 is 0 Å². The van der Waals surface area contributed by atoms with E-state index in [-0.39, 0.29) is 6.29 Å². The van der Waals surface area contributed by atoms with Crippen LogP contribution in [0.3, 0.4) is 0 Å². The second-order valence-corrected chi connectivity index (χ2v) is 3.09. The first-order chi connectivity index (χ1) is 7.22. The molecule has 1 unspecified atom stereocenters. The Hall–Kier alpha value is -0.120. The summed E-state index contributed by atoms with van der Waals surface area (Å²) < 4.78 is 15.3. The monoisotopic (exact) mass is 220 g/mol. The first-order valence-electron chi connectivity index (χ1n) is 6.03. The Morgan fingerprint density at radius 2 is 1.40 bits per heavy atom. The molecule has 3 heteroatoms. The summed E-state index contributed by atoms with van der Waals surface area (Å²) in [6.07, 6.45) is 2.15. The minimum atomic E-state index is -0.0325. The summed E-state index contributed by atoms with van der Waals surface area (Å²) in [4.78, 5) is 0. The van der Waals surface area contributed by atoms with Crippen molar-refractivity contribution in [3.05, 3.63) is 0 Å². The molecule has 0 aliphatic heterocycles. The van der Waals surface area contributed by atoms with Crippen molar-refractivity contribution in [2.24, 2.45) is 0 Å². The van der Waals surface area contributed by atoms with Crippen LogP contribution in [0.15, 0.2) is 0 Å². The van der Waals surface area contributed by atoms with Crippen LogP contribution < -0.4 is 0 Å². The van der Waals surface area contributed by atoms with Crippen molar-refractivity contribution in [1.82, 2.24) is 0 Å². The topological polar surface area (TPSA) is 27.7 Å². The van der Waals surface area contributed by atoms with E-state index in [0.717, 1.165) is 39.3 Å². The van der Waals surface area contributed by atoms with Crippen molar-refractivity contribution < 1.29 is 14.2 Å². The molecule has 0 fully saturated rings. The van der Waals surface area contributed by atoms with Crippen LogP contribution >= 0.6 is 0 Å². The van der Waals surface area contributed by atoms with Crippen molar-refractivity contribution in [2.45, 2.75) is 53.8 Å². The predicted octanol–water partition coefficient (Wildman–Crippen LogP) is 3.23. The summed E-state index contributed by atoms with van der Waals surface area (Å²) in [5.41, 5.74) is 0. The summed E-state index contributed by atoms with van der Waals surface area (Å²) in [6.45, 7) is 13.4. The van der Waals surface area contributed by atoms with Crippen molar-refractivity contribution in [1.29, 1.82) is 0 Å². The van der Waals surface area contributed by atoms with Gasteiger partial charge in [-0.3, -0.25) is 0 Å². The molecule has 3 nitrogen and oxygen atoms in total. The van der Waals surface area contributed by atoms with Crippen LogP contribution in [-0.4, -0.2) is 32.7 Å². The molecular formula is C12H28O3. The highest BCUT2D eigenvalue weighted by molar-refractivity contribution is 4.30. The summed E-state index contributed by atoms with van der Waals surface area (Å²) >= 11 is 0. The van der Waals surface area contributed by atoms with E-state index in [1.54, 1.807) is 0 Å². The lowest BCUT2D eigenvalue weighted by Crippen LogP contribution is -2.12. The van der Waals surface area contributed by atoms with Crippen LogP contribution in [0.2, 0.25) is 0 Å². The second-order valence-electron chi connectivity index (χ2n) is 3.09. The zero-order valence-electron chi connectivity index (χ0n) is 11.0. The van der Waals surface area contributed by atoms with E-state index in [4.69, 9.17) is 14.2 Å². The fourth-order valence-electron chi connectivity index (χ4n) is 0.855. The van der Waals surface area contributed by atoms with Crippen LogP contribution in [0, 0.1) is 0 Å². The number of hydrogen-bond acceptors (Lipinski definition) is 3. The Kier molecular flexibility index (Phi) is 18.8. The van der Waals surface area contributed by atoms with Gasteiger partial charge in [0.1, 0.15) is 0 Å². The number of rotatable bonds is 8. The molecule has 0 aromatic heterocycles. The summed E-state index contributed by atoms with van der Waals surface area (Å²) in [7, 11) is 0. The predicted molar refractivity (Wildman–Crippen MR) is 64.1 cm³/mol. The summed E-state index contributed by atoms with van der Waals surface area (Å²) in [5, 5.41) is 0. The normalized spacial score (nSPS) is 11.8. The second kappa shape index (κ2) is 16.3. The molecule has 15 heavy (non-hydrogen) atoms. The van der Waals surface area contributed by atoms with Crippen LogP contribution in [-0.2, 0) is 14.2 Å². The smallest absolute Gasteiger partial charge is 0.154 e. The van der Waals surface area contributed by atoms with Gasteiger partial charge in [0.15, 0.2) is 6.29 Å². The molecule has 0 aromatic carbocycles. The lowest BCUT2D eigenvalue weighted by atomic mass is 10.5. The quantitative estimate of drug-likeness (QED) is 0.464. The maximum atomic E-state index is 5.21. The Labute approximate surface area is 95.1 Å². The maximum Gasteiger partial charge on any atom is 0.154 e. The third kappa shape index (κ3) is 20.1.